The second kappa shape index (κ2) is 11.0. The van der Waals surface area contributed by atoms with Crippen molar-refractivity contribution < 1.29 is 24.2 Å². The minimum Gasteiger partial charge on any atom is -0.465 e. The van der Waals surface area contributed by atoms with E-state index in [1.54, 1.807) is 30.6 Å². The summed E-state index contributed by atoms with van der Waals surface area (Å²) in [6, 6.07) is 19.6. The van der Waals surface area contributed by atoms with Gasteiger partial charge in [-0.05, 0) is 61.2 Å². The predicted molar refractivity (Wildman–Crippen MR) is 143 cm³/mol. The van der Waals surface area contributed by atoms with E-state index in [9.17, 15) is 14.4 Å². The van der Waals surface area contributed by atoms with Crippen LogP contribution in [0.3, 0.4) is 0 Å². The average Bonchev–Trinajstić information content (AvgIpc) is 3.33. The lowest BCUT2D eigenvalue weighted by Crippen LogP contribution is -2.38. The lowest BCUT2D eigenvalue weighted by Gasteiger charge is -2.29. The number of nitrogens with one attached hydrogen (secondary N) is 2. The zero-order valence-corrected chi connectivity index (χ0v) is 20.5. The molecule has 2 aromatic carbocycles. The number of hydrogen-bond donors (Lipinski definition) is 3. The second-order valence-electron chi connectivity index (χ2n) is 9.15. The Balaban J connectivity index is 1.19. The molecule has 1 saturated heterocycles. The van der Waals surface area contributed by atoms with Gasteiger partial charge in [0.25, 0.3) is 0 Å². The molecule has 0 spiro atoms. The van der Waals surface area contributed by atoms with Gasteiger partial charge in [0.05, 0.1) is 5.52 Å². The number of benzene rings is 2. The van der Waals surface area contributed by atoms with Gasteiger partial charge in [-0.2, -0.15) is 0 Å². The Morgan fingerprint density at radius 3 is 2.47 bits per heavy atom. The Bertz CT molecular complexity index is 1460. The van der Waals surface area contributed by atoms with Crippen LogP contribution < -0.4 is 15.4 Å². The molecular formula is C28H27N5O5. The molecule has 0 atom stereocenters. The van der Waals surface area contributed by atoms with Crippen LogP contribution in [-0.4, -0.2) is 50.7 Å². The van der Waals surface area contributed by atoms with Gasteiger partial charge in [0.2, 0.25) is 5.91 Å². The van der Waals surface area contributed by atoms with E-state index in [0.29, 0.717) is 55.4 Å². The van der Waals surface area contributed by atoms with Crippen LogP contribution in [0.25, 0.3) is 10.9 Å². The quantitative estimate of drug-likeness (QED) is 0.307. The van der Waals surface area contributed by atoms with E-state index in [2.05, 4.69) is 15.6 Å². The minimum atomic E-state index is -0.917. The number of rotatable bonds is 6. The first-order valence-electron chi connectivity index (χ1n) is 12.3. The number of fused-ring (bicyclic) bond motifs is 1. The number of carbonyl (C=O) groups is 3. The normalized spacial score (nSPS) is 13.7. The summed E-state index contributed by atoms with van der Waals surface area (Å²) in [5.41, 5.74) is 1.45. The molecule has 10 nitrogen and oxygen atoms in total. The molecule has 10 heteroatoms. The number of amides is 3. The Morgan fingerprint density at radius 2 is 1.71 bits per heavy atom. The molecule has 2 aromatic heterocycles. The zero-order chi connectivity index (χ0) is 26.5. The molecule has 0 aliphatic carbocycles. The first kappa shape index (κ1) is 24.8. The van der Waals surface area contributed by atoms with Crippen LogP contribution in [-0.2, 0) is 4.79 Å². The second-order valence-corrected chi connectivity index (χ2v) is 9.15. The number of piperidine rings is 1. The smallest absolute Gasteiger partial charge is 0.407 e. The molecule has 0 unspecified atom stereocenters. The van der Waals surface area contributed by atoms with Gasteiger partial charge < -0.3 is 25.4 Å². The Labute approximate surface area is 218 Å². The SMILES string of the molecule is O=C(CC1CCN(C(=O)O)CC1)Nc1cc(Oc2ccc3c(ccn3C(=O)Nc3ccccc3)c2)ccn1. The third kappa shape index (κ3) is 5.92. The topological polar surface area (TPSA) is 126 Å². The third-order valence-electron chi connectivity index (χ3n) is 6.50. The monoisotopic (exact) mass is 513 g/mol. The highest BCUT2D eigenvalue weighted by atomic mass is 16.5. The minimum absolute atomic E-state index is 0.138. The molecule has 4 aromatic rings. The van der Waals surface area contributed by atoms with E-state index in [4.69, 9.17) is 9.84 Å². The van der Waals surface area contributed by atoms with Crippen molar-refractivity contribution in [2.24, 2.45) is 5.92 Å². The summed E-state index contributed by atoms with van der Waals surface area (Å²) in [7, 11) is 0. The van der Waals surface area contributed by atoms with Crippen LogP contribution in [0.15, 0.2) is 79.1 Å². The summed E-state index contributed by atoms with van der Waals surface area (Å²) < 4.78 is 7.54. The molecule has 194 valence electrons. The van der Waals surface area contributed by atoms with Crippen LogP contribution in [0, 0.1) is 5.92 Å². The summed E-state index contributed by atoms with van der Waals surface area (Å²) in [4.78, 5) is 41.9. The van der Waals surface area contributed by atoms with Gasteiger partial charge in [0.15, 0.2) is 0 Å². The Kier molecular flexibility index (Phi) is 7.21. The molecule has 0 bridgehead atoms. The van der Waals surface area contributed by atoms with Crippen LogP contribution >= 0.6 is 0 Å². The number of carbonyl (C=O) groups excluding carboxylic acids is 2. The van der Waals surface area contributed by atoms with Crippen molar-refractivity contribution in [3.63, 3.8) is 0 Å². The number of hydrogen-bond acceptors (Lipinski definition) is 5. The van der Waals surface area contributed by atoms with Crippen LogP contribution in [0.5, 0.6) is 11.5 Å². The summed E-state index contributed by atoms with van der Waals surface area (Å²) in [5.74, 6) is 1.43. The average molecular weight is 514 g/mol. The third-order valence-corrected chi connectivity index (χ3v) is 6.50. The molecule has 3 N–H and O–H groups in total. The highest BCUT2D eigenvalue weighted by Gasteiger charge is 2.24. The van der Waals surface area contributed by atoms with Gasteiger partial charge in [0, 0.05) is 49.0 Å². The van der Waals surface area contributed by atoms with Crippen molar-refractivity contribution in [2.75, 3.05) is 23.7 Å². The van der Waals surface area contributed by atoms with Crippen molar-refractivity contribution in [3.05, 3.63) is 79.1 Å². The number of pyridine rings is 1. The van der Waals surface area contributed by atoms with Gasteiger partial charge in [-0.3, -0.25) is 9.36 Å². The zero-order valence-electron chi connectivity index (χ0n) is 20.5. The highest BCUT2D eigenvalue weighted by Crippen LogP contribution is 2.28. The van der Waals surface area contributed by atoms with Gasteiger partial charge in [-0.15, -0.1) is 0 Å². The molecule has 38 heavy (non-hydrogen) atoms. The molecule has 1 fully saturated rings. The van der Waals surface area contributed by atoms with Gasteiger partial charge >= 0.3 is 12.1 Å². The van der Waals surface area contributed by atoms with E-state index >= 15 is 0 Å². The fourth-order valence-corrected chi connectivity index (χ4v) is 4.53. The van der Waals surface area contributed by atoms with Crippen LogP contribution in [0.1, 0.15) is 19.3 Å². The fraction of sp³-hybridized carbons (Fsp3) is 0.214. The Hall–Kier alpha value is -4.86. The molecule has 0 radical (unpaired) electrons. The van der Waals surface area contributed by atoms with Crippen LogP contribution in [0.4, 0.5) is 21.1 Å². The van der Waals surface area contributed by atoms with E-state index in [0.717, 1.165) is 10.9 Å². The standard InChI is InChI=1S/C28H27N5O5/c34-26(16-19-9-13-32(14-10-19)28(36)37)31-25-18-23(8-12-29-25)38-22-6-7-24-20(17-22)11-15-33(24)27(35)30-21-4-2-1-3-5-21/h1-8,11-12,15,17-19H,9-10,13-14,16H2,(H,30,35)(H,36,37)(H,29,31,34). The predicted octanol–water partition coefficient (Wildman–Crippen LogP) is 5.63. The summed E-state index contributed by atoms with van der Waals surface area (Å²) in [5, 5.41) is 15.6. The number of ether oxygens (including phenoxy) is 1. The van der Waals surface area contributed by atoms with Crippen molar-refractivity contribution in [2.45, 2.75) is 19.3 Å². The molecule has 0 saturated carbocycles. The van der Waals surface area contributed by atoms with Crippen molar-refractivity contribution in [1.29, 1.82) is 0 Å². The van der Waals surface area contributed by atoms with Gasteiger partial charge in [0.1, 0.15) is 17.3 Å². The summed E-state index contributed by atoms with van der Waals surface area (Å²) in [6.07, 6.45) is 3.98. The summed E-state index contributed by atoms with van der Waals surface area (Å²) in [6.45, 7) is 0.889. The number of nitrogens with zero attached hydrogens (tertiary/aromatic N) is 3. The maximum absolute atomic E-state index is 12.7. The van der Waals surface area contributed by atoms with Crippen molar-refractivity contribution >= 4 is 40.4 Å². The molecule has 3 amide bonds. The first-order valence-corrected chi connectivity index (χ1v) is 12.3. The van der Waals surface area contributed by atoms with Crippen molar-refractivity contribution in [3.8, 4) is 11.5 Å². The van der Waals surface area contributed by atoms with E-state index in [-0.39, 0.29) is 17.9 Å². The maximum atomic E-state index is 12.7. The molecule has 5 rings (SSSR count). The van der Waals surface area contributed by atoms with Gasteiger partial charge in [-0.1, -0.05) is 18.2 Å². The molecular weight excluding hydrogens is 486 g/mol. The van der Waals surface area contributed by atoms with Crippen LogP contribution in [0.2, 0.25) is 0 Å². The molecule has 1 aliphatic heterocycles. The van der Waals surface area contributed by atoms with Gasteiger partial charge in [-0.25, -0.2) is 14.6 Å². The summed E-state index contributed by atoms with van der Waals surface area (Å²) >= 11 is 0. The van der Waals surface area contributed by atoms with E-state index < -0.39 is 6.09 Å². The number of aromatic nitrogens is 2. The number of anilines is 2. The van der Waals surface area contributed by atoms with E-state index in [1.807, 2.05) is 48.5 Å². The largest absolute Gasteiger partial charge is 0.465 e. The Morgan fingerprint density at radius 1 is 0.947 bits per heavy atom. The van der Waals surface area contributed by atoms with Crippen molar-refractivity contribution in [1.82, 2.24) is 14.5 Å². The number of para-hydroxylation sites is 1. The first-order chi connectivity index (χ1) is 18.4. The molecule has 3 heterocycles. The lowest BCUT2D eigenvalue weighted by molar-refractivity contribution is -0.117. The maximum Gasteiger partial charge on any atom is 0.407 e. The van der Waals surface area contributed by atoms with E-state index in [1.165, 1.54) is 9.47 Å². The number of likely N-dealkylation sites (tertiary alicyclic amines) is 1. The number of carboxylic acid groups (broad SMARTS) is 1. The molecule has 1 aliphatic rings. The lowest BCUT2D eigenvalue weighted by atomic mass is 9.93. The fourth-order valence-electron chi connectivity index (χ4n) is 4.53. The highest BCUT2D eigenvalue weighted by molar-refractivity contribution is 5.98.